The Kier molecular flexibility index (Phi) is 4.26. The number of hydrogen-bond donors (Lipinski definition) is 2. The molecule has 9 nitrogen and oxygen atoms in total. The van der Waals surface area contributed by atoms with E-state index in [2.05, 4.69) is 20.8 Å². The smallest absolute Gasteiger partial charge is 0.321 e. The Morgan fingerprint density at radius 3 is 2.81 bits per heavy atom. The first-order valence-corrected chi connectivity index (χ1v) is 9.13. The summed E-state index contributed by atoms with van der Waals surface area (Å²) in [6.07, 6.45) is 2.52. The normalized spacial score (nSPS) is 22.1. The molecule has 2 aromatic rings. The fourth-order valence-electron chi connectivity index (χ4n) is 3.23. The number of likely N-dealkylation sites (tertiary alicyclic amines) is 1. The summed E-state index contributed by atoms with van der Waals surface area (Å²) in [4.78, 5) is 25.4. The monoisotopic (exact) mass is 390 g/mol. The number of hydrogen-bond acceptors (Lipinski definition) is 5. The van der Waals surface area contributed by atoms with Crippen LogP contribution in [-0.2, 0) is 4.79 Å². The van der Waals surface area contributed by atoms with Crippen molar-refractivity contribution in [2.45, 2.75) is 32.1 Å². The SMILES string of the molecule is CC1(C(=O)O)CCN(C(=O)Nc2ccc(Cl)c(-n3nnnc3C3CC3)c2)C1. The third-order valence-corrected chi connectivity index (χ3v) is 5.46. The number of anilines is 1. The second kappa shape index (κ2) is 6.49. The topological polar surface area (TPSA) is 113 Å². The van der Waals surface area contributed by atoms with Gasteiger partial charge in [-0.05, 0) is 54.8 Å². The van der Waals surface area contributed by atoms with Crippen LogP contribution in [0.3, 0.4) is 0 Å². The maximum absolute atomic E-state index is 12.5. The number of benzene rings is 1. The van der Waals surface area contributed by atoms with Crippen LogP contribution in [0, 0.1) is 5.41 Å². The predicted octanol–water partition coefficient (Wildman–Crippen LogP) is 2.52. The zero-order valence-electron chi connectivity index (χ0n) is 14.7. The summed E-state index contributed by atoms with van der Waals surface area (Å²) in [7, 11) is 0. The van der Waals surface area contributed by atoms with Crippen LogP contribution in [-0.4, -0.2) is 55.3 Å². The highest BCUT2D eigenvalue weighted by atomic mass is 35.5. The number of nitrogens with one attached hydrogen (secondary N) is 1. The van der Waals surface area contributed by atoms with E-state index >= 15 is 0 Å². The van der Waals surface area contributed by atoms with Crippen LogP contribution in [0.25, 0.3) is 5.69 Å². The molecule has 0 bridgehead atoms. The number of carboxylic acid groups (broad SMARTS) is 1. The molecule has 4 rings (SSSR count). The van der Waals surface area contributed by atoms with Gasteiger partial charge in [-0.2, -0.15) is 4.68 Å². The van der Waals surface area contributed by atoms with Gasteiger partial charge in [0.1, 0.15) is 0 Å². The van der Waals surface area contributed by atoms with E-state index in [9.17, 15) is 14.7 Å². The number of tetrazole rings is 1. The van der Waals surface area contributed by atoms with Crippen LogP contribution in [0.5, 0.6) is 0 Å². The second-order valence-electron chi connectivity index (χ2n) is 7.36. The van der Waals surface area contributed by atoms with Gasteiger partial charge in [0, 0.05) is 24.7 Å². The van der Waals surface area contributed by atoms with Crippen LogP contribution < -0.4 is 5.32 Å². The molecule has 2 N–H and O–H groups in total. The molecule has 1 aliphatic heterocycles. The summed E-state index contributed by atoms with van der Waals surface area (Å²) in [6.45, 7) is 2.22. The molecule has 1 aromatic heterocycles. The first kappa shape index (κ1) is 17.7. The van der Waals surface area contributed by atoms with Crippen molar-refractivity contribution in [3.8, 4) is 5.69 Å². The quantitative estimate of drug-likeness (QED) is 0.829. The Labute approximate surface area is 160 Å². The molecule has 1 saturated heterocycles. The minimum absolute atomic E-state index is 0.174. The van der Waals surface area contributed by atoms with Gasteiger partial charge >= 0.3 is 12.0 Å². The van der Waals surface area contributed by atoms with E-state index in [0.717, 1.165) is 18.7 Å². The lowest BCUT2D eigenvalue weighted by Gasteiger charge is -2.20. The molecule has 0 spiro atoms. The van der Waals surface area contributed by atoms with Crippen molar-refractivity contribution >= 4 is 29.3 Å². The molecule has 27 heavy (non-hydrogen) atoms. The maximum atomic E-state index is 12.5. The molecule has 2 heterocycles. The van der Waals surface area contributed by atoms with Crippen molar-refractivity contribution in [1.82, 2.24) is 25.1 Å². The number of halogens is 1. The van der Waals surface area contributed by atoms with Gasteiger partial charge in [0.05, 0.1) is 16.1 Å². The highest BCUT2D eigenvalue weighted by molar-refractivity contribution is 6.32. The summed E-state index contributed by atoms with van der Waals surface area (Å²) in [6, 6.07) is 4.75. The van der Waals surface area contributed by atoms with Gasteiger partial charge < -0.3 is 15.3 Å². The number of nitrogens with zero attached hydrogens (tertiary/aromatic N) is 5. The Balaban J connectivity index is 1.53. The number of carboxylic acids is 1. The molecule has 1 aromatic carbocycles. The molecule has 1 unspecified atom stereocenters. The molecule has 2 fully saturated rings. The first-order chi connectivity index (χ1) is 12.9. The number of amides is 2. The lowest BCUT2D eigenvalue weighted by atomic mass is 9.90. The van der Waals surface area contributed by atoms with E-state index < -0.39 is 11.4 Å². The molecular formula is C17H19ClN6O3. The van der Waals surface area contributed by atoms with Crippen molar-refractivity contribution in [3.05, 3.63) is 29.0 Å². The van der Waals surface area contributed by atoms with Crippen molar-refractivity contribution in [2.24, 2.45) is 5.41 Å². The van der Waals surface area contributed by atoms with Crippen LogP contribution >= 0.6 is 11.6 Å². The van der Waals surface area contributed by atoms with Gasteiger partial charge in [0.2, 0.25) is 0 Å². The van der Waals surface area contributed by atoms with E-state index in [1.807, 2.05) is 0 Å². The molecule has 1 saturated carbocycles. The van der Waals surface area contributed by atoms with E-state index in [0.29, 0.717) is 35.3 Å². The lowest BCUT2D eigenvalue weighted by Crippen LogP contribution is -2.37. The molecule has 10 heteroatoms. The van der Waals surface area contributed by atoms with Crippen molar-refractivity contribution in [2.75, 3.05) is 18.4 Å². The number of aliphatic carboxylic acids is 1. The van der Waals surface area contributed by atoms with Gasteiger partial charge in [-0.25, -0.2) is 4.79 Å². The molecule has 2 amide bonds. The molecule has 142 valence electrons. The minimum atomic E-state index is -0.909. The number of carbonyl (C=O) groups excluding carboxylic acids is 1. The second-order valence-corrected chi connectivity index (χ2v) is 7.76. The summed E-state index contributed by atoms with van der Waals surface area (Å²) in [5, 5.41) is 24.4. The van der Waals surface area contributed by atoms with Crippen molar-refractivity contribution in [3.63, 3.8) is 0 Å². The van der Waals surface area contributed by atoms with Gasteiger partial charge in [-0.3, -0.25) is 4.79 Å². The van der Waals surface area contributed by atoms with Crippen LogP contribution in [0.15, 0.2) is 18.2 Å². The summed E-state index contributed by atoms with van der Waals surface area (Å²) < 4.78 is 1.60. The molecular weight excluding hydrogens is 372 g/mol. The standard InChI is InChI=1S/C17H19ClN6O3/c1-17(15(25)26)6-7-23(9-17)16(27)19-11-4-5-12(18)13(8-11)24-14(10-2-3-10)20-21-22-24/h4-5,8,10H,2-3,6-7,9H2,1H3,(H,19,27)(H,25,26). The Morgan fingerprint density at radius 2 is 2.15 bits per heavy atom. The molecule has 1 aliphatic carbocycles. The van der Waals surface area contributed by atoms with Crippen LogP contribution in [0.4, 0.5) is 10.5 Å². The summed E-state index contributed by atoms with van der Waals surface area (Å²) in [5.74, 6) is 0.211. The predicted molar refractivity (Wildman–Crippen MR) is 97.1 cm³/mol. The maximum Gasteiger partial charge on any atom is 0.321 e. The summed E-state index contributed by atoms with van der Waals surface area (Å²) in [5.41, 5.74) is 0.229. The Bertz CT molecular complexity index is 912. The first-order valence-electron chi connectivity index (χ1n) is 8.75. The molecule has 0 radical (unpaired) electrons. The molecule has 1 atom stereocenters. The number of urea groups is 1. The van der Waals surface area contributed by atoms with Gasteiger partial charge in [-0.1, -0.05) is 11.6 Å². The largest absolute Gasteiger partial charge is 0.481 e. The third kappa shape index (κ3) is 3.34. The zero-order valence-corrected chi connectivity index (χ0v) is 15.5. The van der Waals surface area contributed by atoms with E-state index in [4.69, 9.17) is 11.6 Å². The fraction of sp³-hybridized carbons (Fsp3) is 0.471. The van der Waals surface area contributed by atoms with Crippen molar-refractivity contribution < 1.29 is 14.7 Å². The fourth-order valence-corrected chi connectivity index (χ4v) is 3.42. The number of aromatic nitrogens is 4. The highest BCUT2D eigenvalue weighted by Crippen LogP contribution is 2.40. The van der Waals surface area contributed by atoms with Gasteiger partial charge in [0.25, 0.3) is 0 Å². The van der Waals surface area contributed by atoms with Crippen LogP contribution in [0.1, 0.15) is 37.9 Å². The highest BCUT2D eigenvalue weighted by Gasteiger charge is 2.42. The van der Waals surface area contributed by atoms with E-state index in [1.165, 1.54) is 4.90 Å². The number of carbonyl (C=O) groups is 2. The average Bonchev–Trinajstić information content (AvgIpc) is 3.21. The average molecular weight is 391 g/mol. The zero-order chi connectivity index (χ0) is 19.2. The van der Waals surface area contributed by atoms with Gasteiger partial charge in [-0.15, -0.1) is 5.10 Å². The Hall–Kier alpha value is -2.68. The third-order valence-electron chi connectivity index (χ3n) is 5.14. The lowest BCUT2D eigenvalue weighted by molar-refractivity contribution is -0.146. The molecule has 2 aliphatic rings. The van der Waals surface area contributed by atoms with E-state index in [-0.39, 0.29) is 12.6 Å². The Morgan fingerprint density at radius 1 is 1.37 bits per heavy atom. The van der Waals surface area contributed by atoms with Gasteiger partial charge in [0.15, 0.2) is 5.82 Å². The minimum Gasteiger partial charge on any atom is -0.481 e. The van der Waals surface area contributed by atoms with Crippen LogP contribution in [0.2, 0.25) is 5.02 Å². The summed E-state index contributed by atoms with van der Waals surface area (Å²) >= 11 is 6.32. The van der Waals surface area contributed by atoms with Crippen molar-refractivity contribution in [1.29, 1.82) is 0 Å². The van der Waals surface area contributed by atoms with E-state index in [1.54, 1.807) is 29.8 Å². The number of rotatable bonds is 4.